The van der Waals surface area contributed by atoms with Gasteiger partial charge in [-0.2, -0.15) is 0 Å². The third-order valence-electron chi connectivity index (χ3n) is 3.44. The van der Waals surface area contributed by atoms with Crippen molar-refractivity contribution in [2.45, 2.75) is 31.8 Å². The van der Waals surface area contributed by atoms with E-state index in [0.717, 1.165) is 5.56 Å². The summed E-state index contributed by atoms with van der Waals surface area (Å²) in [7, 11) is -2.81. The molecule has 0 spiro atoms. The summed E-state index contributed by atoms with van der Waals surface area (Å²) in [6.07, 6.45) is 1.31. The van der Waals surface area contributed by atoms with Gasteiger partial charge in [-0.15, -0.1) is 0 Å². The highest BCUT2D eigenvalue weighted by molar-refractivity contribution is 7.91. The predicted octanol–water partition coefficient (Wildman–Crippen LogP) is 1.62. The van der Waals surface area contributed by atoms with Crippen molar-refractivity contribution in [3.8, 4) is 5.75 Å². The molecule has 1 fully saturated rings. The second kappa shape index (κ2) is 5.28. The minimum Gasteiger partial charge on any atom is -0.508 e. The molecule has 0 aliphatic carbocycles. The molecule has 1 aliphatic rings. The molecule has 2 N–H and O–H groups in total. The number of nitrogens with one attached hydrogen (secondary N) is 1. The van der Waals surface area contributed by atoms with Crippen molar-refractivity contribution in [3.63, 3.8) is 0 Å². The Morgan fingerprint density at radius 3 is 2.50 bits per heavy atom. The Kier molecular flexibility index (Phi) is 3.92. The van der Waals surface area contributed by atoms with E-state index in [1.165, 1.54) is 0 Å². The molecule has 5 heteroatoms. The maximum absolute atomic E-state index is 11.3. The Labute approximate surface area is 108 Å². The summed E-state index contributed by atoms with van der Waals surface area (Å²) in [4.78, 5) is 0. The average Bonchev–Trinajstić information content (AvgIpc) is 2.32. The van der Waals surface area contributed by atoms with Crippen LogP contribution in [-0.4, -0.2) is 31.1 Å². The van der Waals surface area contributed by atoms with E-state index in [2.05, 4.69) is 5.32 Å². The van der Waals surface area contributed by atoms with Gasteiger partial charge >= 0.3 is 0 Å². The minimum atomic E-state index is -2.81. The summed E-state index contributed by atoms with van der Waals surface area (Å²) < 4.78 is 22.7. The number of rotatable bonds is 3. The van der Waals surface area contributed by atoms with Crippen LogP contribution < -0.4 is 5.32 Å². The topological polar surface area (TPSA) is 66.4 Å². The highest BCUT2D eigenvalue weighted by Gasteiger charge is 2.25. The van der Waals surface area contributed by atoms with Crippen molar-refractivity contribution in [1.82, 2.24) is 5.32 Å². The first kappa shape index (κ1) is 13.4. The van der Waals surface area contributed by atoms with Gasteiger partial charge in [0.25, 0.3) is 0 Å². The fourth-order valence-corrected chi connectivity index (χ4v) is 3.85. The lowest BCUT2D eigenvalue weighted by Crippen LogP contribution is -2.38. The zero-order valence-electron chi connectivity index (χ0n) is 10.5. The van der Waals surface area contributed by atoms with E-state index in [-0.39, 0.29) is 29.3 Å². The van der Waals surface area contributed by atoms with E-state index in [4.69, 9.17) is 0 Å². The molecule has 0 aromatic heterocycles. The number of hydrogen-bond acceptors (Lipinski definition) is 4. The summed E-state index contributed by atoms with van der Waals surface area (Å²) >= 11 is 0. The molecule has 1 atom stereocenters. The van der Waals surface area contributed by atoms with Gasteiger partial charge in [-0.25, -0.2) is 8.42 Å². The van der Waals surface area contributed by atoms with Gasteiger partial charge in [0.2, 0.25) is 0 Å². The molecule has 1 aromatic rings. The number of aromatic hydroxyl groups is 1. The molecule has 0 bridgehead atoms. The highest BCUT2D eigenvalue weighted by atomic mass is 32.2. The second-order valence-corrected chi connectivity index (χ2v) is 7.18. The third-order valence-corrected chi connectivity index (χ3v) is 5.16. The molecule has 1 aromatic carbocycles. The van der Waals surface area contributed by atoms with Crippen molar-refractivity contribution in [2.75, 3.05) is 11.5 Å². The van der Waals surface area contributed by atoms with Crippen molar-refractivity contribution in [1.29, 1.82) is 0 Å². The molecular formula is C13H19NO3S. The number of hydrogen-bond donors (Lipinski definition) is 2. The Hall–Kier alpha value is -1.07. The van der Waals surface area contributed by atoms with Crippen molar-refractivity contribution in [2.24, 2.45) is 0 Å². The van der Waals surface area contributed by atoms with Crippen LogP contribution in [0.15, 0.2) is 24.3 Å². The van der Waals surface area contributed by atoms with Crippen LogP contribution in [0.2, 0.25) is 0 Å². The molecule has 0 radical (unpaired) electrons. The van der Waals surface area contributed by atoms with Crippen LogP contribution in [0.1, 0.15) is 31.4 Å². The molecular weight excluding hydrogens is 250 g/mol. The quantitative estimate of drug-likeness (QED) is 0.875. The van der Waals surface area contributed by atoms with Crippen molar-refractivity contribution >= 4 is 9.84 Å². The summed E-state index contributed by atoms with van der Waals surface area (Å²) in [5.74, 6) is 0.803. The number of phenols is 1. The van der Waals surface area contributed by atoms with Crippen LogP contribution in [-0.2, 0) is 9.84 Å². The molecule has 0 amide bonds. The maximum Gasteiger partial charge on any atom is 0.150 e. The van der Waals surface area contributed by atoms with Gasteiger partial charge < -0.3 is 10.4 Å². The Morgan fingerprint density at radius 2 is 1.89 bits per heavy atom. The lowest BCUT2D eigenvalue weighted by atomic mass is 10.0. The summed E-state index contributed by atoms with van der Waals surface area (Å²) in [6.45, 7) is 1.98. The van der Waals surface area contributed by atoms with Crippen LogP contribution in [0, 0.1) is 0 Å². The number of benzene rings is 1. The van der Waals surface area contributed by atoms with E-state index < -0.39 is 9.84 Å². The monoisotopic (exact) mass is 269 g/mol. The lowest BCUT2D eigenvalue weighted by Gasteiger charge is -2.27. The first-order valence-electron chi connectivity index (χ1n) is 6.22. The van der Waals surface area contributed by atoms with E-state index in [9.17, 15) is 13.5 Å². The van der Waals surface area contributed by atoms with Crippen LogP contribution in [0.5, 0.6) is 5.75 Å². The molecule has 0 saturated carbocycles. The molecule has 2 rings (SSSR count). The Balaban J connectivity index is 1.97. The van der Waals surface area contributed by atoms with Gasteiger partial charge in [-0.3, -0.25) is 0 Å². The number of para-hydroxylation sites is 1. The minimum absolute atomic E-state index is 0.0250. The number of sulfone groups is 1. The number of phenolic OH excluding ortho intramolecular Hbond substituents is 1. The summed E-state index contributed by atoms with van der Waals surface area (Å²) in [5, 5.41) is 13.1. The molecule has 100 valence electrons. The standard InChI is InChI=1S/C13H19NO3S/c1-10(12-4-2-3-5-13(12)15)14-11-6-8-18(16,17)9-7-11/h2-5,10-11,14-15H,6-9H2,1H3. The van der Waals surface area contributed by atoms with Crippen LogP contribution in [0.25, 0.3) is 0 Å². The zero-order chi connectivity index (χ0) is 13.2. The SMILES string of the molecule is CC(NC1CCS(=O)(=O)CC1)c1ccccc1O. The van der Waals surface area contributed by atoms with Gasteiger partial charge in [0.1, 0.15) is 15.6 Å². The van der Waals surface area contributed by atoms with Crippen molar-refractivity contribution < 1.29 is 13.5 Å². The first-order chi connectivity index (χ1) is 8.48. The van der Waals surface area contributed by atoms with E-state index >= 15 is 0 Å². The van der Waals surface area contributed by atoms with Crippen molar-refractivity contribution in [3.05, 3.63) is 29.8 Å². The molecule has 1 unspecified atom stereocenters. The average molecular weight is 269 g/mol. The van der Waals surface area contributed by atoms with E-state index in [1.807, 2.05) is 19.1 Å². The molecule has 1 saturated heterocycles. The van der Waals surface area contributed by atoms with Gasteiger partial charge in [0, 0.05) is 17.6 Å². The van der Waals surface area contributed by atoms with Crippen LogP contribution in [0.4, 0.5) is 0 Å². The van der Waals surface area contributed by atoms with Gasteiger partial charge in [0.15, 0.2) is 0 Å². The highest BCUT2D eigenvalue weighted by Crippen LogP contribution is 2.25. The van der Waals surface area contributed by atoms with E-state index in [0.29, 0.717) is 12.8 Å². The smallest absolute Gasteiger partial charge is 0.150 e. The maximum atomic E-state index is 11.3. The summed E-state index contributed by atoms with van der Waals surface area (Å²) in [5.41, 5.74) is 0.853. The molecule has 1 aliphatic heterocycles. The van der Waals surface area contributed by atoms with Gasteiger partial charge in [0.05, 0.1) is 11.5 Å². The fourth-order valence-electron chi connectivity index (χ4n) is 2.35. The fraction of sp³-hybridized carbons (Fsp3) is 0.538. The largest absolute Gasteiger partial charge is 0.508 e. The van der Waals surface area contributed by atoms with Gasteiger partial charge in [-0.1, -0.05) is 18.2 Å². The third kappa shape index (κ3) is 3.23. The molecule has 18 heavy (non-hydrogen) atoms. The second-order valence-electron chi connectivity index (χ2n) is 4.87. The molecule has 4 nitrogen and oxygen atoms in total. The Morgan fingerprint density at radius 1 is 1.28 bits per heavy atom. The molecule has 1 heterocycles. The Bertz CT molecular complexity index is 499. The van der Waals surface area contributed by atoms with Crippen LogP contribution >= 0.6 is 0 Å². The zero-order valence-corrected chi connectivity index (χ0v) is 11.3. The van der Waals surface area contributed by atoms with Crippen LogP contribution in [0.3, 0.4) is 0 Å². The van der Waals surface area contributed by atoms with E-state index in [1.54, 1.807) is 12.1 Å². The summed E-state index contributed by atoms with van der Waals surface area (Å²) in [6, 6.07) is 7.46. The normalized spacial score (nSPS) is 21.6. The predicted molar refractivity (Wildman–Crippen MR) is 71.3 cm³/mol. The first-order valence-corrected chi connectivity index (χ1v) is 8.04. The lowest BCUT2D eigenvalue weighted by molar-refractivity contribution is 0.403. The van der Waals surface area contributed by atoms with Gasteiger partial charge in [-0.05, 0) is 25.8 Å².